The molecule has 1 aromatic carbocycles. The van der Waals surface area contributed by atoms with E-state index in [0.717, 1.165) is 47.2 Å². The van der Waals surface area contributed by atoms with Crippen molar-refractivity contribution in [3.05, 3.63) is 48.7 Å². The summed E-state index contributed by atoms with van der Waals surface area (Å²) in [6.07, 6.45) is 6.25. The molecular weight excluding hydrogens is 334 g/mol. The Labute approximate surface area is 160 Å². The second kappa shape index (κ2) is 7.53. The smallest absolute Gasteiger partial charge is 0.136 e. The lowest BCUT2D eigenvalue weighted by Crippen LogP contribution is -2.35. The Kier molecular flexibility index (Phi) is 4.94. The molecule has 1 saturated carbocycles. The molecular formula is C22H27N5. The minimum atomic E-state index is 0.280. The lowest BCUT2D eigenvalue weighted by atomic mass is 9.91. The molecule has 0 spiro atoms. The second-order valence-electron chi connectivity index (χ2n) is 7.64. The van der Waals surface area contributed by atoms with E-state index in [-0.39, 0.29) is 6.04 Å². The standard InChI is InChI=1S/C22H27N5/c1-27(2)18-10-8-15(9-11-18)20-14-21-19(7-4-12-24-21)22(26-20)25-17-6-3-5-16(23)13-17/h4,7-12,14,16-17H,3,5-6,13,23H2,1-2H3,(H,25,26). The average Bonchev–Trinajstić information content (AvgIpc) is 2.68. The van der Waals surface area contributed by atoms with Crippen molar-refractivity contribution in [2.75, 3.05) is 24.3 Å². The Hall–Kier alpha value is -2.66. The molecule has 0 saturated heterocycles. The Morgan fingerprint density at radius 2 is 1.93 bits per heavy atom. The maximum atomic E-state index is 6.17. The highest BCUT2D eigenvalue weighted by Crippen LogP contribution is 2.30. The van der Waals surface area contributed by atoms with E-state index < -0.39 is 0 Å². The number of rotatable bonds is 4. The SMILES string of the molecule is CN(C)c1ccc(-c2cc3ncccc3c(NC3CCCC(N)C3)n2)cc1. The van der Waals surface area contributed by atoms with Crippen molar-refractivity contribution in [1.82, 2.24) is 9.97 Å². The number of hydrogen-bond acceptors (Lipinski definition) is 5. The van der Waals surface area contributed by atoms with Gasteiger partial charge in [0.2, 0.25) is 0 Å². The van der Waals surface area contributed by atoms with Crippen molar-refractivity contribution >= 4 is 22.4 Å². The molecule has 2 aromatic heterocycles. The highest BCUT2D eigenvalue weighted by atomic mass is 15.1. The van der Waals surface area contributed by atoms with E-state index in [1.165, 1.54) is 12.1 Å². The third-order valence-electron chi connectivity index (χ3n) is 5.33. The van der Waals surface area contributed by atoms with Gasteiger partial charge in [-0.3, -0.25) is 4.98 Å². The summed E-state index contributed by atoms with van der Waals surface area (Å²) in [7, 11) is 4.09. The molecule has 4 rings (SSSR count). The number of nitrogens with zero attached hydrogens (tertiary/aromatic N) is 3. The van der Waals surface area contributed by atoms with Gasteiger partial charge in [-0.15, -0.1) is 0 Å². The number of aromatic nitrogens is 2. The maximum absolute atomic E-state index is 6.17. The molecule has 1 fully saturated rings. The fourth-order valence-electron chi connectivity index (χ4n) is 3.82. The van der Waals surface area contributed by atoms with Crippen LogP contribution in [-0.2, 0) is 0 Å². The van der Waals surface area contributed by atoms with Crippen molar-refractivity contribution in [2.24, 2.45) is 5.73 Å². The summed E-state index contributed by atoms with van der Waals surface area (Å²) in [6, 6.07) is 15.2. The summed E-state index contributed by atoms with van der Waals surface area (Å²) in [6.45, 7) is 0. The fourth-order valence-corrected chi connectivity index (χ4v) is 3.82. The first kappa shape index (κ1) is 17.7. The molecule has 2 atom stereocenters. The monoisotopic (exact) mass is 361 g/mol. The zero-order valence-corrected chi connectivity index (χ0v) is 16.0. The Morgan fingerprint density at radius 3 is 2.67 bits per heavy atom. The average molecular weight is 361 g/mol. The molecule has 0 bridgehead atoms. The summed E-state index contributed by atoms with van der Waals surface area (Å²) < 4.78 is 0. The second-order valence-corrected chi connectivity index (χ2v) is 7.64. The highest BCUT2D eigenvalue weighted by molar-refractivity contribution is 5.92. The van der Waals surface area contributed by atoms with Crippen LogP contribution in [-0.4, -0.2) is 36.1 Å². The Morgan fingerprint density at radius 1 is 1.11 bits per heavy atom. The largest absolute Gasteiger partial charge is 0.378 e. The molecule has 1 aliphatic carbocycles. The van der Waals surface area contributed by atoms with Gasteiger partial charge < -0.3 is 16.0 Å². The predicted octanol–water partition coefficient (Wildman–Crippen LogP) is 4.04. The van der Waals surface area contributed by atoms with Crippen LogP contribution in [0.5, 0.6) is 0 Å². The van der Waals surface area contributed by atoms with Crippen LogP contribution in [0.15, 0.2) is 48.7 Å². The summed E-state index contributed by atoms with van der Waals surface area (Å²) >= 11 is 0. The van der Waals surface area contributed by atoms with Gasteiger partial charge in [-0.2, -0.15) is 0 Å². The molecule has 0 aliphatic heterocycles. The molecule has 2 heterocycles. The van der Waals surface area contributed by atoms with Gasteiger partial charge in [-0.25, -0.2) is 4.98 Å². The minimum Gasteiger partial charge on any atom is -0.378 e. The molecule has 3 aromatic rings. The predicted molar refractivity (Wildman–Crippen MR) is 113 cm³/mol. The summed E-state index contributed by atoms with van der Waals surface area (Å²) in [5.74, 6) is 0.909. The molecule has 2 unspecified atom stereocenters. The number of fused-ring (bicyclic) bond motifs is 1. The van der Waals surface area contributed by atoms with E-state index in [9.17, 15) is 0 Å². The molecule has 1 aliphatic rings. The lowest BCUT2D eigenvalue weighted by molar-refractivity contribution is 0.409. The summed E-state index contributed by atoms with van der Waals surface area (Å²) in [4.78, 5) is 11.6. The van der Waals surface area contributed by atoms with Crippen molar-refractivity contribution in [1.29, 1.82) is 0 Å². The van der Waals surface area contributed by atoms with Crippen LogP contribution >= 0.6 is 0 Å². The number of benzene rings is 1. The number of anilines is 2. The van der Waals surface area contributed by atoms with Crippen molar-refractivity contribution in [3.63, 3.8) is 0 Å². The fraction of sp³-hybridized carbons (Fsp3) is 0.364. The van der Waals surface area contributed by atoms with E-state index >= 15 is 0 Å². The van der Waals surface area contributed by atoms with Crippen LogP contribution in [0.2, 0.25) is 0 Å². The topological polar surface area (TPSA) is 67.1 Å². The minimum absolute atomic E-state index is 0.280. The number of nitrogens with two attached hydrogens (primary N) is 1. The van der Waals surface area contributed by atoms with E-state index in [1.54, 1.807) is 0 Å². The number of pyridine rings is 2. The van der Waals surface area contributed by atoms with Gasteiger partial charge in [0.05, 0.1) is 11.2 Å². The normalized spacial score (nSPS) is 19.8. The van der Waals surface area contributed by atoms with E-state index in [1.807, 2.05) is 26.4 Å². The zero-order valence-electron chi connectivity index (χ0n) is 16.0. The third-order valence-corrected chi connectivity index (χ3v) is 5.33. The quantitative estimate of drug-likeness (QED) is 0.734. The van der Waals surface area contributed by atoms with Crippen LogP contribution in [0.1, 0.15) is 25.7 Å². The van der Waals surface area contributed by atoms with Gasteiger partial charge in [-0.05, 0) is 56.0 Å². The molecule has 0 amide bonds. The molecule has 140 valence electrons. The maximum Gasteiger partial charge on any atom is 0.136 e. The van der Waals surface area contributed by atoms with Crippen molar-refractivity contribution in [2.45, 2.75) is 37.8 Å². The molecule has 5 nitrogen and oxygen atoms in total. The third kappa shape index (κ3) is 3.88. The van der Waals surface area contributed by atoms with Crippen LogP contribution in [0.25, 0.3) is 22.2 Å². The van der Waals surface area contributed by atoms with Crippen molar-refractivity contribution < 1.29 is 0 Å². The van der Waals surface area contributed by atoms with Gasteiger partial charge >= 0.3 is 0 Å². The molecule has 0 radical (unpaired) electrons. The summed E-state index contributed by atoms with van der Waals surface area (Å²) in [5, 5.41) is 4.72. The molecule has 5 heteroatoms. The van der Waals surface area contributed by atoms with Crippen LogP contribution in [0.3, 0.4) is 0 Å². The van der Waals surface area contributed by atoms with Gasteiger partial charge in [0, 0.05) is 49.0 Å². The highest BCUT2D eigenvalue weighted by Gasteiger charge is 2.20. The van der Waals surface area contributed by atoms with Crippen LogP contribution in [0.4, 0.5) is 11.5 Å². The Bertz CT molecular complexity index is 920. The Balaban J connectivity index is 1.71. The van der Waals surface area contributed by atoms with Crippen LogP contribution < -0.4 is 16.0 Å². The van der Waals surface area contributed by atoms with Crippen molar-refractivity contribution in [3.8, 4) is 11.3 Å². The summed E-state index contributed by atoms with van der Waals surface area (Å²) in [5.41, 5.74) is 10.3. The lowest BCUT2D eigenvalue weighted by Gasteiger charge is -2.28. The van der Waals surface area contributed by atoms with Gasteiger partial charge in [-0.1, -0.05) is 12.1 Å². The van der Waals surface area contributed by atoms with E-state index in [0.29, 0.717) is 6.04 Å². The van der Waals surface area contributed by atoms with Gasteiger partial charge in [0.1, 0.15) is 5.82 Å². The first-order valence-electron chi connectivity index (χ1n) is 9.66. The number of nitrogens with one attached hydrogen (secondary N) is 1. The van der Waals surface area contributed by atoms with E-state index in [4.69, 9.17) is 10.7 Å². The molecule has 3 N–H and O–H groups in total. The van der Waals surface area contributed by atoms with Gasteiger partial charge in [0.25, 0.3) is 0 Å². The first-order chi connectivity index (χ1) is 13.1. The zero-order chi connectivity index (χ0) is 18.8. The van der Waals surface area contributed by atoms with Crippen LogP contribution in [0, 0.1) is 0 Å². The molecule has 27 heavy (non-hydrogen) atoms. The first-order valence-corrected chi connectivity index (χ1v) is 9.66. The number of hydrogen-bond donors (Lipinski definition) is 2. The van der Waals surface area contributed by atoms with E-state index in [2.05, 4.69) is 51.6 Å². The van der Waals surface area contributed by atoms with Gasteiger partial charge in [0.15, 0.2) is 0 Å².